The van der Waals surface area contributed by atoms with Crippen LogP contribution in [0.25, 0.3) is 0 Å². The van der Waals surface area contributed by atoms with Crippen LogP contribution in [-0.4, -0.2) is 41.0 Å². The minimum Gasteiger partial charge on any atom is -0.497 e. The van der Waals surface area contributed by atoms with Crippen molar-refractivity contribution in [3.63, 3.8) is 0 Å². The van der Waals surface area contributed by atoms with E-state index < -0.39 is 10.0 Å². The SMILES string of the molecule is COc1ccc(OC)c(NS(=O)(=O)CCCNC(C)C)c1. The average molecular weight is 316 g/mol. The number of anilines is 1. The second kappa shape index (κ2) is 8.09. The lowest BCUT2D eigenvalue weighted by Gasteiger charge is -2.13. The van der Waals surface area contributed by atoms with Crippen molar-refractivity contribution in [2.24, 2.45) is 0 Å². The normalized spacial score (nSPS) is 11.5. The minimum absolute atomic E-state index is 0.0487. The van der Waals surface area contributed by atoms with E-state index in [9.17, 15) is 8.42 Å². The number of sulfonamides is 1. The Hall–Kier alpha value is -1.47. The molecule has 7 heteroatoms. The van der Waals surface area contributed by atoms with Crippen LogP contribution in [-0.2, 0) is 10.0 Å². The number of methoxy groups -OCH3 is 2. The van der Waals surface area contributed by atoms with Crippen molar-refractivity contribution in [2.75, 3.05) is 31.2 Å². The van der Waals surface area contributed by atoms with Crippen LogP contribution < -0.4 is 19.5 Å². The maximum absolute atomic E-state index is 12.1. The zero-order valence-electron chi connectivity index (χ0n) is 13.0. The Bertz CT molecular complexity index is 544. The average Bonchev–Trinajstić information content (AvgIpc) is 2.43. The fourth-order valence-corrected chi connectivity index (χ4v) is 2.89. The first-order chi connectivity index (χ1) is 9.88. The van der Waals surface area contributed by atoms with Gasteiger partial charge in [-0.15, -0.1) is 0 Å². The summed E-state index contributed by atoms with van der Waals surface area (Å²) in [5.74, 6) is 1.07. The Balaban J connectivity index is 2.69. The molecule has 0 spiro atoms. The van der Waals surface area contributed by atoms with Gasteiger partial charge < -0.3 is 14.8 Å². The first-order valence-electron chi connectivity index (χ1n) is 6.84. The molecule has 0 heterocycles. The molecule has 21 heavy (non-hydrogen) atoms. The van der Waals surface area contributed by atoms with Crippen LogP contribution in [0, 0.1) is 0 Å². The third-order valence-corrected chi connectivity index (χ3v) is 4.17. The lowest BCUT2D eigenvalue weighted by Crippen LogP contribution is -2.26. The van der Waals surface area contributed by atoms with E-state index in [1.165, 1.54) is 14.2 Å². The molecule has 0 saturated heterocycles. The van der Waals surface area contributed by atoms with E-state index in [4.69, 9.17) is 9.47 Å². The largest absolute Gasteiger partial charge is 0.497 e. The van der Waals surface area contributed by atoms with Crippen molar-refractivity contribution in [3.05, 3.63) is 18.2 Å². The highest BCUT2D eigenvalue weighted by molar-refractivity contribution is 7.92. The third-order valence-electron chi connectivity index (χ3n) is 2.81. The lowest BCUT2D eigenvalue weighted by molar-refractivity contribution is 0.405. The van der Waals surface area contributed by atoms with E-state index in [0.29, 0.717) is 36.2 Å². The summed E-state index contributed by atoms with van der Waals surface area (Å²) in [6.07, 6.45) is 0.541. The van der Waals surface area contributed by atoms with Gasteiger partial charge in [-0.2, -0.15) is 0 Å². The summed E-state index contributed by atoms with van der Waals surface area (Å²) < 4.78 is 36.9. The Morgan fingerprint density at radius 3 is 2.48 bits per heavy atom. The predicted molar refractivity (Wildman–Crippen MR) is 84.7 cm³/mol. The second-order valence-corrected chi connectivity index (χ2v) is 6.79. The second-order valence-electron chi connectivity index (χ2n) is 4.95. The van der Waals surface area contributed by atoms with Gasteiger partial charge >= 0.3 is 0 Å². The van der Waals surface area contributed by atoms with Gasteiger partial charge in [0.15, 0.2) is 0 Å². The molecule has 0 bridgehead atoms. The number of ether oxygens (including phenoxy) is 2. The Morgan fingerprint density at radius 1 is 1.19 bits per heavy atom. The fourth-order valence-electron chi connectivity index (χ4n) is 1.77. The van der Waals surface area contributed by atoms with Crippen molar-refractivity contribution < 1.29 is 17.9 Å². The Morgan fingerprint density at radius 2 is 1.90 bits per heavy atom. The fraction of sp³-hybridized carbons (Fsp3) is 0.571. The topological polar surface area (TPSA) is 76.7 Å². The van der Waals surface area contributed by atoms with E-state index in [1.807, 2.05) is 13.8 Å². The van der Waals surface area contributed by atoms with Crippen LogP contribution in [0.3, 0.4) is 0 Å². The van der Waals surface area contributed by atoms with E-state index >= 15 is 0 Å². The summed E-state index contributed by atoms with van der Waals surface area (Å²) in [5, 5.41) is 3.19. The van der Waals surface area contributed by atoms with E-state index in [1.54, 1.807) is 18.2 Å². The third kappa shape index (κ3) is 6.22. The molecule has 0 aromatic heterocycles. The quantitative estimate of drug-likeness (QED) is 0.680. The van der Waals surface area contributed by atoms with Crippen LogP contribution in [0.2, 0.25) is 0 Å². The smallest absolute Gasteiger partial charge is 0.232 e. The zero-order valence-corrected chi connectivity index (χ0v) is 13.8. The van der Waals surface area contributed by atoms with Crippen molar-refractivity contribution in [1.29, 1.82) is 0 Å². The molecule has 0 saturated carbocycles. The first-order valence-corrected chi connectivity index (χ1v) is 8.49. The summed E-state index contributed by atoms with van der Waals surface area (Å²) in [4.78, 5) is 0. The number of nitrogens with one attached hydrogen (secondary N) is 2. The Labute approximate surface area is 126 Å². The van der Waals surface area contributed by atoms with E-state index in [0.717, 1.165) is 0 Å². The summed E-state index contributed by atoms with van der Waals surface area (Å²) >= 11 is 0. The van der Waals surface area contributed by atoms with Crippen LogP contribution in [0.5, 0.6) is 11.5 Å². The van der Waals surface area contributed by atoms with Gasteiger partial charge in [-0.3, -0.25) is 4.72 Å². The first kappa shape index (κ1) is 17.6. The molecular weight excluding hydrogens is 292 g/mol. The van der Waals surface area contributed by atoms with Gasteiger partial charge in [0, 0.05) is 12.1 Å². The molecule has 0 aliphatic rings. The van der Waals surface area contributed by atoms with Crippen molar-refractivity contribution in [1.82, 2.24) is 5.32 Å². The standard InChI is InChI=1S/C14H24N2O4S/c1-11(2)15-8-5-9-21(17,18)16-13-10-12(19-3)6-7-14(13)20-4/h6-7,10-11,15-16H,5,8-9H2,1-4H3. The maximum Gasteiger partial charge on any atom is 0.232 e. The molecule has 0 unspecified atom stereocenters. The van der Waals surface area contributed by atoms with Crippen LogP contribution in [0.1, 0.15) is 20.3 Å². The van der Waals surface area contributed by atoms with Gasteiger partial charge in [-0.05, 0) is 25.1 Å². The number of hydrogen-bond acceptors (Lipinski definition) is 5. The molecule has 1 aromatic carbocycles. The van der Waals surface area contributed by atoms with Gasteiger partial charge in [0.1, 0.15) is 11.5 Å². The molecule has 0 aliphatic carbocycles. The molecule has 120 valence electrons. The summed E-state index contributed by atoms with van der Waals surface area (Å²) in [6, 6.07) is 5.32. The Kier molecular flexibility index (Phi) is 6.77. The van der Waals surface area contributed by atoms with E-state index in [2.05, 4.69) is 10.0 Å². The molecule has 0 fully saturated rings. The van der Waals surface area contributed by atoms with Crippen molar-refractivity contribution in [3.8, 4) is 11.5 Å². The van der Waals surface area contributed by atoms with Crippen molar-refractivity contribution in [2.45, 2.75) is 26.3 Å². The monoisotopic (exact) mass is 316 g/mol. The van der Waals surface area contributed by atoms with E-state index in [-0.39, 0.29) is 5.75 Å². The molecule has 0 atom stereocenters. The van der Waals surface area contributed by atoms with Gasteiger partial charge in [0.25, 0.3) is 0 Å². The van der Waals surface area contributed by atoms with Crippen LogP contribution in [0.15, 0.2) is 18.2 Å². The van der Waals surface area contributed by atoms with Crippen LogP contribution in [0.4, 0.5) is 5.69 Å². The van der Waals surface area contributed by atoms with Gasteiger partial charge in [0.05, 0.1) is 25.7 Å². The lowest BCUT2D eigenvalue weighted by atomic mass is 10.3. The molecule has 6 nitrogen and oxygen atoms in total. The molecule has 0 radical (unpaired) electrons. The predicted octanol–water partition coefficient (Wildman–Crippen LogP) is 1.83. The zero-order chi connectivity index (χ0) is 15.9. The van der Waals surface area contributed by atoms with Gasteiger partial charge in [-0.25, -0.2) is 8.42 Å². The molecular formula is C14H24N2O4S. The number of benzene rings is 1. The van der Waals surface area contributed by atoms with Crippen LogP contribution >= 0.6 is 0 Å². The van der Waals surface area contributed by atoms with Crippen molar-refractivity contribution >= 4 is 15.7 Å². The molecule has 1 aromatic rings. The highest BCUT2D eigenvalue weighted by atomic mass is 32.2. The van der Waals surface area contributed by atoms with Gasteiger partial charge in [-0.1, -0.05) is 13.8 Å². The number of rotatable bonds is 9. The molecule has 0 aliphatic heterocycles. The summed E-state index contributed by atoms with van der Waals surface area (Å²) in [5.41, 5.74) is 0.383. The summed E-state index contributed by atoms with van der Waals surface area (Å²) in [6.45, 7) is 4.70. The minimum atomic E-state index is -3.42. The molecule has 2 N–H and O–H groups in total. The highest BCUT2D eigenvalue weighted by Gasteiger charge is 2.14. The highest BCUT2D eigenvalue weighted by Crippen LogP contribution is 2.29. The summed E-state index contributed by atoms with van der Waals surface area (Å²) in [7, 11) is -0.398. The number of hydrogen-bond donors (Lipinski definition) is 2. The van der Waals surface area contributed by atoms with Gasteiger partial charge in [0.2, 0.25) is 10.0 Å². The molecule has 1 rings (SSSR count). The maximum atomic E-state index is 12.1. The molecule has 0 amide bonds.